The number of amides is 1. The van der Waals surface area contributed by atoms with Crippen molar-refractivity contribution in [3.63, 3.8) is 0 Å². The molecule has 1 amide bonds. The fourth-order valence-corrected chi connectivity index (χ4v) is 3.21. The molecule has 0 saturated carbocycles. The summed E-state index contributed by atoms with van der Waals surface area (Å²) < 4.78 is 0. The van der Waals surface area contributed by atoms with Crippen LogP contribution in [0.3, 0.4) is 0 Å². The molecule has 1 saturated heterocycles. The van der Waals surface area contributed by atoms with Gasteiger partial charge in [0, 0.05) is 18.1 Å². The Hall–Kier alpha value is -1.06. The number of nitrogens with zero attached hydrogens (tertiary/aromatic N) is 1. The van der Waals surface area contributed by atoms with E-state index in [0.29, 0.717) is 11.6 Å². The topological polar surface area (TPSA) is 40.5 Å². The standard InChI is InChI=1S/C17H24ClNO2/c1-12(2)15(13-5-7-14(18)8-6-13)16(20)19-10-4-9-17(3,21)11-19/h5-8,12,15,21H,4,9-11H2,1-3H3. The molecule has 4 heteroatoms. The number of aliphatic hydroxyl groups is 1. The Labute approximate surface area is 131 Å². The first-order valence-corrected chi connectivity index (χ1v) is 7.94. The average Bonchev–Trinajstić information content (AvgIpc) is 2.39. The first-order chi connectivity index (χ1) is 9.80. The maximum absolute atomic E-state index is 12.9. The second kappa shape index (κ2) is 6.37. The molecular formula is C17H24ClNO2. The Morgan fingerprint density at radius 3 is 2.48 bits per heavy atom. The Morgan fingerprint density at radius 2 is 1.95 bits per heavy atom. The van der Waals surface area contributed by atoms with Gasteiger partial charge in [0.15, 0.2) is 0 Å². The first kappa shape index (κ1) is 16.3. The summed E-state index contributed by atoms with van der Waals surface area (Å²) >= 11 is 5.93. The summed E-state index contributed by atoms with van der Waals surface area (Å²) in [7, 11) is 0. The summed E-state index contributed by atoms with van der Waals surface area (Å²) in [5.74, 6) is 0.119. The molecule has 1 aliphatic heterocycles. The van der Waals surface area contributed by atoms with Crippen molar-refractivity contribution in [1.29, 1.82) is 0 Å². The number of hydrogen-bond acceptors (Lipinski definition) is 2. The Balaban J connectivity index is 2.22. The van der Waals surface area contributed by atoms with Gasteiger partial charge in [-0.1, -0.05) is 37.6 Å². The van der Waals surface area contributed by atoms with E-state index < -0.39 is 5.60 Å². The third kappa shape index (κ3) is 3.98. The van der Waals surface area contributed by atoms with E-state index >= 15 is 0 Å². The molecule has 2 unspecified atom stereocenters. The molecule has 0 aromatic heterocycles. The van der Waals surface area contributed by atoms with E-state index in [-0.39, 0.29) is 17.7 Å². The van der Waals surface area contributed by atoms with Gasteiger partial charge in [-0.2, -0.15) is 0 Å². The molecule has 1 aromatic rings. The van der Waals surface area contributed by atoms with E-state index in [4.69, 9.17) is 11.6 Å². The second-order valence-corrected chi connectivity index (χ2v) is 7.07. The maximum Gasteiger partial charge on any atom is 0.230 e. The van der Waals surface area contributed by atoms with Crippen molar-refractivity contribution in [1.82, 2.24) is 4.90 Å². The summed E-state index contributed by atoms with van der Waals surface area (Å²) in [6.45, 7) is 7.06. The van der Waals surface area contributed by atoms with Crippen molar-refractivity contribution in [3.05, 3.63) is 34.9 Å². The fraction of sp³-hybridized carbons (Fsp3) is 0.588. The zero-order valence-electron chi connectivity index (χ0n) is 13.0. The quantitative estimate of drug-likeness (QED) is 0.929. The molecule has 0 bridgehead atoms. The summed E-state index contributed by atoms with van der Waals surface area (Å²) in [6, 6.07) is 7.50. The SMILES string of the molecule is CC(C)C(C(=O)N1CCCC(C)(O)C1)c1ccc(Cl)cc1. The molecule has 0 radical (unpaired) electrons. The molecule has 1 aliphatic rings. The van der Waals surface area contributed by atoms with E-state index in [9.17, 15) is 9.90 Å². The number of β-amino-alcohol motifs (C(OH)–C–C–N with tert-alkyl or cyclic N) is 1. The number of carbonyl (C=O) groups excluding carboxylic acids is 1. The van der Waals surface area contributed by atoms with Gasteiger partial charge in [0.2, 0.25) is 5.91 Å². The minimum atomic E-state index is -0.768. The van der Waals surface area contributed by atoms with Gasteiger partial charge in [-0.25, -0.2) is 0 Å². The van der Waals surface area contributed by atoms with Crippen molar-refractivity contribution in [3.8, 4) is 0 Å². The molecule has 2 rings (SSSR count). The zero-order valence-corrected chi connectivity index (χ0v) is 13.7. The normalized spacial score (nSPS) is 24.2. The molecule has 2 atom stereocenters. The number of piperidine rings is 1. The van der Waals surface area contributed by atoms with Gasteiger partial charge >= 0.3 is 0 Å². The molecule has 1 N–H and O–H groups in total. The van der Waals surface area contributed by atoms with E-state index in [0.717, 1.165) is 24.9 Å². The number of benzene rings is 1. The smallest absolute Gasteiger partial charge is 0.230 e. The van der Waals surface area contributed by atoms with E-state index in [2.05, 4.69) is 13.8 Å². The molecule has 1 fully saturated rings. The lowest BCUT2D eigenvalue weighted by molar-refractivity contribution is -0.140. The average molecular weight is 310 g/mol. The van der Waals surface area contributed by atoms with Gasteiger partial charge in [-0.15, -0.1) is 0 Å². The largest absolute Gasteiger partial charge is 0.388 e. The van der Waals surface area contributed by atoms with Crippen molar-refractivity contribution < 1.29 is 9.90 Å². The van der Waals surface area contributed by atoms with E-state index in [1.165, 1.54) is 0 Å². The van der Waals surface area contributed by atoms with Crippen LogP contribution in [0.25, 0.3) is 0 Å². The van der Waals surface area contributed by atoms with E-state index in [1.807, 2.05) is 29.2 Å². The number of hydrogen-bond donors (Lipinski definition) is 1. The van der Waals surface area contributed by atoms with Gasteiger partial charge in [0.1, 0.15) is 0 Å². The molecule has 21 heavy (non-hydrogen) atoms. The third-order valence-corrected chi connectivity index (χ3v) is 4.40. The molecule has 1 heterocycles. The van der Waals surface area contributed by atoms with Gasteiger partial charge in [0.05, 0.1) is 11.5 Å². The molecule has 1 aromatic carbocycles. The Bertz CT molecular complexity index is 496. The van der Waals surface area contributed by atoms with Crippen LogP contribution in [0.15, 0.2) is 24.3 Å². The molecule has 0 aliphatic carbocycles. The number of likely N-dealkylation sites (tertiary alicyclic amines) is 1. The number of carbonyl (C=O) groups is 1. The predicted molar refractivity (Wildman–Crippen MR) is 85.5 cm³/mol. The third-order valence-electron chi connectivity index (χ3n) is 4.15. The van der Waals surface area contributed by atoms with Crippen molar-refractivity contribution in [2.24, 2.45) is 5.92 Å². The van der Waals surface area contributed by atoms with Crippen LogP contribution < -0.4 is 0 Å². The molecule has 3 nitrogen and oxygen atoms in total. The highest BCUT2D eigenvalue weighted by molar-refractivity contribution is 6.30. The highest BCUT2D eigenvalue weighted by Crippen LogP contribution is 2.30. The van der Waals surface area contributed by atoms with Crippen LogP contribution in [0.5, 0.6) is 0 Å². The second-order valence-electron chi connectivity index (χ2n) is 6.63. The minimum Gasteiger partial charge on any atom is -0.388 e. The summed E-state index contributed by atoms with van der Waals surface area (Å²) in [4.78, 5) is 14.7. The Morgan fingerprint density at radius 1 is 1.33 bits per heavy atom. The van der Waals surface area contributed by atoms with Crippen LogP contribution in [0.2, 0.25) is 5.02 Å². The van der Waals surface area contributed by atoms with Crippen LogP contribution >= 0.6 is 11.6 Å². The molecule has 0 spiro atoms. The zero-order chi connectivity index (χ0) is 15.6. The van der Waals surface area contributed by atoms with Crippen LogP contribution in [-0.2, 0) is 4.79 Å². The van der Waals surface area contributed by atoms with Crippen molar-refractivity contribution in [2.75, 3.05) is 13.1 Å². The van der Waals surface area contributed by atoms with Gasteiger partial charge in [0.25, 0.3) is 0 Å². The predicted octanol–water partition coefficient (Wildman–Crippen LogP) is 3.45. The summed E-state index contributed by atoms with van der Waals surface area (Å²) in [5.41, 5.74) is 0.222. The lowest BCUT2D eigenvalue weighted by atomic mass is 9.85. The fourth-order valence-electron chi connectivity index (χ4n) is 3.09. The first-order valence-electron chi connectivity index (χ1n) is 7.57. The van der Waals surface area contributed by atoms with Gasteiger partial charge < -0.3 is 10.0 Å². The molecule has 116 valence electrons. The number of rotatable bonds is 3. The summed E-state index contributed by atoms with van der Waals surface area (Å²) in [6.07, 6.45) is 1.61. The van der Waals surface area contributed by atoms with Crippen molar-refractivity contribution in [2.45, 2.75) is 45.1 Å². The maximum atomic E-state index is 12.9. The number of halogens is 1. The lowest BCUT2D eigenvalue weighted by Crippen LogP contribution is -2.50. The monoisotopic (exact) mass is 309 g/mol. The lowest BCUT2D eigenvalue weighted by Gasteiger charge is -2.39. The minimum absolute atomic E-state index is 0.104. The van der Waals surface area contributed by atoms with Gasteiger partial charge in [-0.05, 0) is 43.4 Å². The summed E-state index contributed by atoms with van der Waals surface area (Å²) in [5, 5.41) is 10.9. The van der Waals surface area contributed by atoms with E-state index in [1.54, 1.807) is 6.92 Å². The highest BCUT2D eigenvalue weighted by atomic mass is 35.5. The Kier molecular flexibility index (Phi) is 4.95. The van der Waals surface area contributed by atoms with Crippen LogP contribution in [-0.4, -0.2) is 34.6 Å². The van der Waals surface area contributed by atoms with Crippen molar-refractivity contribution >= 4 is 17.5 Å². The van der Waals surface area contributed by atoms with Gasteiger partial charge in [-0.3, -0.25) is 4.79 Å². The van der Waals surface area contributed by atoms with Crippen LogP contribution in [0.4, 0.5) is 0 Å². The highest BCUT2D eigenvalue weighted by Gasteiger charge is 2.35. The van der Waals surface area contributed by atoms with Crippen LogP contribution in [0, 0.1) is 5.92 Å². The van der Waals surface area contributed by atoms with Crippen LogP contribution in [0.1, 0.15) is 45.1 Å². The molecular weight excluding hydrogens is 286 g/mol.